The van der Waals surface area contributed by atoms with Crippen molar-refractivity contribution in [1.82, 2.24) is 26.6 Å². The normalized spacial score (nSPS) is 11.4. The van der Waals surface area contributed by atoms with Gasteiger partial charge in [-0.25, -0.2) is 4.79 Å². The molecular formula is C45H75N5O13. The standard InChI is InChI=1S/C45H75N5O13/c51-26-23-46-33-37-17-19-38(20-18-37)34-49-43(55)36-63-32-30-61-28-25-48-42(54)35-62-31-29-60-27-24-47-40(52)22-21-39(45(58)59)50-41(53)15-13-11-9-7-5-3-1-2-4-6-8-10-12-14-16-44(56)57/h17-20,26,39,46H,1-16,21-25,27-36H2,(H,47,52)(H,48,54)(H,49,55)(H,50,53)(H,56,57)(H,58,59)/t39-/m0/s1. The van der Waals surface area contributed by atoms with E-state index in [0.717, 1.165) is 55.9 Å². The van der Waals surface area contributed by atoms with Crippen molar-refractivity contribution >= 4 is 41.9 Å². The zero-order chi connectivity index (χ0) is 46.0. The van der Waals surface area contributed by atoms with Gasteiger partial charge in [0, 0.05) is 45.4 Å². The van der Waals surface area contributed by atoms with Crippen LogP contribution in [0.4, 0.5) is 0 Å². The van der Waals surface area contributed by atoms with Crippen LogP contribution >= 0.6 is 0 Å². The first-order chi connectivity index (χ1) is 30.6. The third kappa shape index (κ3) is 36.7. The molecule has 0 aliphatic carbocycles. The molecule has 18 nitrogen and oxygen atoms in total. The molecule has 1 aromatic rings. The Balaban J connectivity index is 1.92. The van der Waals surface area contributed by atoms with Crippen LogP contribution in [-0.2, 0) is 65.6 Å². The Morgan fingerprint density at radius 3 is 1.44 bits per heavy atom. The molecule has 0 aliphatic heterocycles. The summed E-state index contributed by atoms with van der Waals surface area (Å²) in [4.78, 5) is 81.0. The van der Waals surface area contributed by atoms with Gasteiger partial charge in [-0.05, 0) is 30.4 Å². The van der Waals surface area contributed by atoms with Gasteiger partial charge in [0.15, 0.2) is 0 Å². The van der Waals surface area contributed by atoms with Gasteiger partial charge in [0.1, 0.15) is 25.5 Å². The second-order valence-electron chi connectivity index (χ2n) is 15.3. The molecule has 0 spiro atoms. The number of carbonyl (C=O) groups is 7. The maximum absolute atomic E-state index is 12.3. The molecule has 0 fully saturated rings. The van der Waals surface area contributed by atoms with Gasteiger partial charge in [0.2, 0.25) is 23.6 Å². The second-order valence-corrected chi connectivity index (χ2v) is 15.3. The summed E-state index contributed by atoms with van der Waals surface area (Å²) in [7, 11) is 0. The maximum atomic E-state index is 12.3. The van der Waals surface area contributed by atoms with E-state index in [9.17, 15) is 38.7 Å². The Morgan fingerprint density at radius 1 is 0.508 bits per heavy atom. The molecule has 0 saturated heterocycles. The number of carbonyl (C=O) groups excluding carboxylic acids is 5. The van der Waals surface area contributed by atoms with Crippen LogP contribution in [0.25, 0.3) is 0 Å². The third-order valence-electron chi connectivity index (χ3n) is 9.75. The Morgan fingerprint density at radius 2 is 0.952 bits per heavy atom. The highest BCUT2D eigenvalue weighted by Gasteiger charge is 2.21. The Bertz CT molecular complexity index is 1400. The topological polar surface area (TPSA) is 257 Å². The molecule has 4 amide bonds. The summed E-state index contributed by atoms with van der Waals surface area (Å²) in [6.45, 7) is 2.78. The average molecular weight is 894 g/mol. The molecule has 18 heteroatoms. The van der Waals surface area contributed by atoms with Crippen molar-refractivity contribution in [2.75, 3.05) is 72.5 Å². The number of unbranched alkanes of at least 4 members (excludes halogenated alkanes) is 13. The predicted molar refractivity (Wildman–Crippen MR) is 236 cm³/mol. The highest BCUT2D eigenvalue weighted by atomic mass is 16.5. The highest BCUT2D eigenvalue weighted by molar-refractivity contribution is 5.84. The molecule has 1 atom stereocenters. The van der Waals surface area contributed by atoms with Crippen molar-refractivity contribution in [2.45, 2.75) is 135 Å². The Hall–Kier alpha value is -4.49. The van der Waals surface area contributed by atoms with E-state index < -0.39 is 18.0 Å². The van der Waals surface area contributed by atoms with Crippen LogP contribution in [0.2, 0.25) is 0 Å². The lowest BCUT2D eigenvalue weighted by Crippen LogP contribution is -2.41. The molecule has 0 aliphatic rings. The summed E-state index contributed by atoms with van der Waals surface area (Å²) in [5.74, 6) is -3.16. The highest BCUT2D eigenvalue weighted by Crippen LogP contribution is 2.14. The smallest absolute Gasteiger partial charge is 0.326 e. The predicted octanol–water partition coefficient (Wildman–Crippen LogP) is 3.57. The minimum absolute atomic E-state index is 0.0275. The van der Waals surface area contributed by atoms with Crippen molar-refractivity contribution in [1.29, 1.82) is 0 Å². The fourth-order valence-corrected chi connectivity index (χ4v) is 6.22. The van der Waals surface area contributed by atoms with E-state index in [4.69, 9.17) is 24.1 Å². The summed E-state index contributed by atoms with van der Waals surface area (Å²) < 4.78 is 21.4. The molecular weight excluding hydrogens is 819 g/mol. The number of nitrogens with one attached hydrogen (secondary N) is 5. The van der Waals surface area contributed by atoms with E-state index in [0.29, 0.717) is 26.1 Å². The molecule has 63 heavy (non-hydrogen) atoms. The number of aldehydes is 1. The van der Waals surface area contributed by atoms with Crippen LogP contribution in [0.1, 0.15) is 127 Å². The van der Waals surface area contributed by atoms with Gasteiger partial charge in [0.25, 0.3) is 0 Å². The van der Waals surface area contributed by atoms with Crippen LogP contribution in [0.3, 0.4) is 0 Å². The van der Waals surface area contributed by atoms with E-state index in [2.05, 4.69) is 26.6 Å². The van der Waals surface area contributed by atoms with Crippen LogP contribution < -0.4 is 26.6 Å². The van der Waals surface area contributed by atoms with Gasteiger partial charge in [0.05, 0.1) is 46.2 Å². The van der Waals surface area contributed by atoms with Gasteiger partial charge in [-0.3, -0.25) is 24.0 Å². The van der Waals surface area contributed by atoms with Gasteiger partial charge in [-0.2, -0.15) is 0 Å². The zero-order valence-corrected chi connectivity index (χ0v) is 37.3. The number of hydrogen-bond acceptors (Lipinski definition) is 12. The molecule has 0 radical (unpaired) electrons. The van der Waals surface area contributed by atoms with Crippen molar-refractivity contribution in [2.24, 2.45) is 0 Å². The van der Waals surface area contributed by atoms with Crippen molar-refractivity contribution in [3.8, 4) is 0 Å². The number of aliphatic carboxylic acids is 2. The van der Waals surface area contributed by atoms with Crippen molar-refractivity contribution < 1.29 is 62.7 Å². The first-order valence-electron chi connectivity index (χ1n) is 22.7. The maximum Gasteiger partial charge on any atom is 0.326 e. The number of rotatable bonds is 44. The lowest BCUT2D eigenvalue weighted by Gasteiger charge is -2.14. The number of ether oxygens (including phenoxy) is 4. The lowest BCUT2D eigenvalue weighted by atomic mass is 10.0. The van der Waals surface area contributed by atoms with Crippen LogP contribution in [0.15, 0.2) is 24.3 Å². The summed E-state index contributed by atoms with van der Waals surface area (Å²) >= 11 is 0. The number of carboxylic acids is 2. The number of carboxylic acid groups (broad SMARTS) is 2. The average Bonchev–Trinajstić information content (AvgIpc) is 3.26. The first-order valence-corrected chi connectivity index (χ1v) is 22.7. The van der Waals surface area contributed by atoms with Crippen LogP contribution in [0, 0.1) is 0 Å². The van der Waals surface area contributed by atoms with E-state index >= 15 is 0 Å². The minimum Gasteiger partial charge on any atom is -0.481 e. The monoisotopic (exact) mass is 894 g/mol. The molecule has 0 saturated carbocycles. The number of amides is 4. The summed E-state index contributed by atoms with van der Waals surface area (Å²) in [5, 5.41) is 31.8. The summed E-state index contributed by atoms with van der Waals surface area (Å²) in [5.41, 5.74) is 1.98. The van der Waals surface area contributed by atoms with E-state index in [-0.39, 0.29) is 115 Å². The zero-order valence-electron chi connectivity index (χ0n) is 37.3. The largest absolute Gasteiger partial charge is 0.481 e. The van der Waals surface area contributed by atoms with Gasteiger partial charge >= 0.3 is 11.9 Å². The second kappa shape index (κ2) is 40.3. The fraction of sp³-hybridized carbons (Fsp3) is 0.711. The van der Waals surface area contributed by atoms with Crippen molar-refractivity contribution in [3.05, 3.63) is 35.4 Å². The van der Waals surface area contributed by atoms with Crippen molar-refractivity contribution in [3.63, 3.8) is 0 Å². The lowest BCUT2D eigenvalue weighted by molar-refractivity contribution is -0.142. The molecule has 0 aromatic heterocycles. The molecule has 1 rings (SSSR count). The van der Waals surface area contributed by atoms with Crippen LogP contribution in [-0.4, -0.2) is 131 Å². The molecule has 0 bridgehead atoms. The third-order valence-corrected chi connectivity index (χ3v) is 9.75. The molecule has 1 aromatic carbocycles. The van der Waals surface area contributed by atoms with E-state index in [1.165, 1.54) is 44.9 Å². The number of hydrogen-bond donors (Lipinski definition) is 7. The molecule has 0 heterocycles. The molecule has 358 valence electrons. The van der Waals surface area contributed by atoms with Gasteiger partial charge in [-0.15, -0.1) is 0 Å². The Kier molecular flexibility index (Phi) is 36.2. The molecule has 7 N–H and O–H groups in total. The SMILES string of the molecule is O=CCNCc1ccc(CNC(=O)COCCOCCNC(=O)COCCOCCNC(=O)CC[C@H](NC(=O)CCCCCCCCCCCCCCCCC(=O)O)C(=O)O)cc1. The Labute approximate surface area is 373 Å². The minimum atomic E-state index is -1.18. The van der Waals surface area contributed by atoms with E-state index in [1.54, 1.807) is 0 Å². The summed E-state index contributed by atoms with van der Waals surface area (Å²) in [6, 6.07) is 6.54. The first kappa shape index (κ1) is 56.5. The fourth-order valence-electron chi connectivity index (χ4n) is 6.22. The van der Waals surface area contributed by atoms with Gasteiger partial charge < -0.3 is 60.5 Å². The van der Waals surface area contributed by atoms with E-state index in [1.807, 2.05) is 24.3 Å². The van der Waals surface area contributed by atoms with Crippen LogP contribution in [0.5, 0.6) is 0 Å². The quantitative estimate of drug-likeness (QED) is 0.0365. The molecule has 0 unspecified atom stereocenters. The summed E-state index contributed by atoms with van der Waals surface area (Å²) in [6.07, 6.45) is 16.3. The van der Waals surface area contributed by atoms with Gasteiger partial charge in [-0.1, -0.05) is 101 Å². The number of benzene rings is 1.